The van der Waals surface area contributed by atoms with Crippen LogP contribution in [-0.4, -0.2) is 23.9 Å². The highest BCUT2D eigenvalue weighted by molar-refractivity contribution is 7.10. The largest absolute Gasteiger partial charge is 0.339 e. The Morgan fingerprint density at radius 2 is 1.91 bits per heavy atom. The van der Waals surface area contributed by atoms with Gasteiger partial charge in [-0.2, -0.15) is 0 Å². The molecule has 1 aromatic heterocycles. The van der Waals surface area contributed by atoms with Gasteiger partial charge in [0, 0.05) is 24.0 Å². The van der Waals surface area contributed by atoms with Crippen LogP contribution < -0.4 is 0 Å². The average molecular weight is 311 g/mol. The molecule has 2 heterocycles. The van der Waals surface area contributed by atoms with Gasteiger partial charge in [-0.25, -0.2) is 0 Å². The van der Waals surface area contributed by atoms with Gasteiger partial charge in [-0.1, -0.05) is 36.4 Å². The lowest BCUT2D eigenvalue weighted by atomic mass is 9.90. The average Bonchev–Trinajstić information content (AvgIpc) is 3.08. The quantitative estimate of drug-likeness (QED) is 0.773. The van der Waals surface area contributed by atoms with Gasteiger partial charge < -0.3 is 4.90 Å². The van der Waals surface area contributed by atoms with Gasteiger partial charge in [0.1, 0.15) is 0 Å². The van der Waals surface area contributed by atoms with Crippen LogP contribution in [0, 0.1) is 5.92 Å². The Labute approximate surface area is 136 Å². The number of nitrogens with zero attached hydrogens (tertiary/aromatic N) is 1. The van der Waals surface area contributed by atoms with E-state index in [9.17, 15) is 4.79 Å². The van der Waals surface area contributed by atoms with E-state index in [0.717, 1.165) is 37.2 Å². The zero-order chi connectivity index (χ0) is 15.2. The van der Waals surface area contributed by atoms with Gasteiger partial charge in [-0.15, -0.1) is 11.3 Å². The topological polar surface area (TPSA) is 20.3 Å². The molecule has 114 valence electrons. The summed E-state index contributed by atoms with van der Waals surface area (Å²) in [6, 6.07) is 14.7. The summed E-state index contributed by atoms with van der Waals surface area (Å²) in [6.07, 6.45) is 6.97. The van der Waals surface area contributed by atoms with Crippen molar-refractivity contribution in [1.82, 2.24) is 4.90 Å². The van der Waals surface area contributed by atoms with Crippen LogP contribution in [0.2, 0.25) is 0 Å². The Morgan fingerprint density at radius 1 is 1.14 bits per heavy atom. The molecule has 0 saturated carbocycles. The maximum absolute atomic E-state index is 12.2. The zero-order valence-corrected chi connectivity index (χ0v) is 13.5. The van der Waals surface area contributed by atoms with Crippen molar-refractivity contribution < 1.29 is 4.79 Å². The van der Waals surface area contributed by atoms with E-state index >= 15 is 0 Å². The zero-order valence-electron chi connectivity index (χ0n) is 12.7. The Morgan fingerprint density at radius 3 is 2.59 bits per heavy atom. The van der Waals surface area contributed by atoms with Gasteiger partial charge in [0.2, 0.25) is 5.91 Å². The Bertz CT molecular complexity index is 610. The van der Waals surface area contributed by atoms with Crippen LogP contribution in [0.25, 0.3) is 6.08 Å². The monoisotopic (exact) mass is 311 g/mol. The Kier molecular flexibility index (Phi) is 5.07. The highest BCUT2D eigenvalue weighted by Crippen LogP contribution is 2.22. The molecule has 22 heavy (non-hydrogen) atoms. The molecule has 0 N–H and O–H groups in total. The third kappa shape index (κ3) is 4.08. The number of amides is 1. The number of hydrogen-bond acceptors (Lipinski definition) is 2. The number of likely N-dealkylation sites (tertiary alicyclic amines) is 1. The third-order valence-corrected chi connectivity index (χ3v) is 5.06. The number of hydrogen-bond donors (Lipinski definition) is 0. The molecule has 3 rings (SSSR count). The normalized spacial score (nSPS) is 16.3. The van der Waals surface area contributed by atoms with Crippen LogP contribution in [0.5, 0.6) is 0 Å². The SMILES string of the molecule is O=C(C=Cc1cccs1)N1CCC(Cc2ccccc2)CC1. The van der Waals surface area contributed by atoms with E-state index in [2.05, 4.69) is 30.3 Å². The number of carbonyl (C=O) groups is 1. The summed E-state index contributed by atoms with van der Waals surface area (Å²) in [4.78, 5) is 15.3. The van der Waals surface area contributed by atoms with Crippen molar-refractivity contribution in [3.05, 3.63) is 64.4 Å². The summed E-state index contributed by atoms with van der Waals surface area (Å²) in [6.45, 7) is 1.76. The predicted molar refractivity (Wildman–Crippen MR) is 92.8 cm³/mol. The van der Waals surface area contributed by atoms with E-state index in [4.69, 9.17) is 0 Å². The number of piperidine rings is 1. The van der Waals surface area contributed by atoms with Gasteiger partial charge in [-0.05, 0) is 48.3 Å². The van der Waals surface area contributed by atoms with Gasteiger partial charge in [0.25, 0.3) is 0 Å². The van der Waals surface area contributed by atoms with Crippen LogP contribution in [0.3, 0.4) is 0 Å². The first-order valence-electron chi connectivity index (χ1n) is 7.86. The summed E-state index contributed by atoms with van der Waals surface area (Å²) in [5.41, 5.74) is 1.41. The van der Waals surface area contributed by atoms with Crippen molar-refractivity contribution in [2.45, 2.75) is 19.3 Å². The fourth-order valence-electron chi connectivity index (χ4n) is 2.95. The van der Waals surface area contributed by atoms with E-state index in [1.165, 1.54) is 5.56 Å². The molecular formula is C19H21NOS. The molecule has 1 fully saturated rings. The molecular weight excluding hydrogens is 290 g/mol. The van der Waals surface area contributed by atoms with Crippen molar-refractivity contribution >= 4 is 23.3 Å². The summed E-state index contributed by atoms with van der Waals surface area (Å²) in [5.74, 6) is 0.847. The van der Waals surface area contributed by atoms with E-state index in [-0.39, 0.29) is 5.91 Å². The molecule has 2 aromatic rings. The molecule has 0 unspecified atom stereocenters. The van der Waals surface area contributed by atoms with Crippen molar-refractivity contribution in [3.8, 4) is 0 Å². The van der Waals surface area contributed by atoms with Crippen molar-refractivity contribution in [2.24, 2.45) is 5.92 Å². The molecule has 0 bridgehead atoms. The van der Waals surface area contributed by atoms with E-state index in [0.29, 0.717) is 5.92 Å². The standard InChI is InChI=1S/C19H21NOS/c21-19(9-8-18-7-4-14-22-18)20-12-10-17(11-13-20)15-16-5-2-1-3-6-16/h1-9,14,17H,10-13,15H2. The van der Waals surface area contributed by atoms with Crippen LogP contribution in [0.1, 0.15) is 23.3 Å². The van der Waals surface area contributed by atoms with Crippen LogP contribution in [0.15, 0.2) is 53.9 Å². The lowest BCUT2D eigenvalue weighted by molar-refractivity contribution is -0.127. The van der Waals surface area contributed by atoms with Crippen LogP contribution in [0.4, 0.5) is 0 Å². The second-order valence-electron chi connectivity index (χ2n) is 5.81. The van der Waals surface area contributed by atoms with Gasteiger partial charge in [-0.3, -0.25) is 4.79 Å². The smallest absolute Gasteiger partial charge is 0.246 e. The minimum absolute atomic E-state index is 0.145. The van der Waals surface area contributed by atoms with Gasteiger partial charge >= 0.3 is 0 Å². The fraction of sp³-hybridized carbons (Fsp3) is 0.316. The first-order valence-corrected chi connectivity index (χ1v) is 8.73. The van der Waals surface area contributed by atoms with Crippen molar-refractivity contribution in [3.63, 3.8) is 0 Å². The van der Waals surface area contributed by atoms with Crippen LogP contribution in [-0.2, 0) is 11.2 Å². The third-order valence-electron chi connectivity index (χ3n) is 4.23. The minimum atomic E-state index is 0.145. The van der Waals surface area contributed by atoms with Crippen molar-refractivity contribution in [1.29, 1.82) is 0 Å². The molecule has 0 atom stereocenters. The second kappa shape index (κ2) is 7.41. The number of benzene rings is 1. The summed E-state index contributed by atoms with van der Waals surface area (Å²) < 4.78 is 0. The predicted octanol–water partition coefficient (Wildman–Crippen LogP) is 4.24. The Balaban J connectivity index is 1.48. The lowest BCUT2D eigenvalue weighted by Gasteiger charge is -2.31. The molecule has 1 aliphatic heterocycles. The molecule has 1 amide bonds. The molecule has 2 nitrogen and oxygen atoms in total. The number of carbonyl (C=O) groups excluding carboxylic acids is 1. The highest BCUT2D eigenvalue weighted by atomic mass is 32.1. The molecule has 3 heteroatoms. The molecule has 1 saturated heterocycles. The summed E-state index contributed by atoms with van der Waals surface area (Å²) >= 11 is 1.66. The van der Waals surface area contributed by atoms with E-state index in [1.54, 1.807) is 17.4 Å². The van der Waals surface area contributed by atoms with E-state index < -0.39 is 0 Å². The molecule has 1 aromatic carbocycles. The Hall–Kier alpha value is -1.87. The minimum Gasteiger partial charge on any atom is -0.339 e. The molecule has 0 spiro atoms. The first kappa shape index (κ1) is 15.0. The van der Waals surface area contributed by atoms with Crippen LogP contribution >= 0.6 is 11.3 Å². The van der Waals surface area contributed by atoms with E-state index in [1.807, 2.05) is 28.5 Å². The summed E-state index contributed by atoms with van der Waals surface area (Å²) in [7, 11) is 0. The van der Waals surface area contributed by atoms with Gasteiger partial charge in [0.15, 0.2) is 0 Å². The van der Waals surface area contributed by atoms with Crippen molar-refractivity contribution in [2.75, 3.05) is 13.1 Å². The maximum Gasteiger partial charge on any atom is 0.246 e. The first-order chi connectivity index (χ1) is 10.8. The second-order valence-corrected chi connectivity index (χ2v) is 6.79. The fourth-order valence-corrected chi connectivity index (χ4v) is 3.57. The highest BCUT2D eigenvalue weighted by Gasteiger charge is 2.21. The lowest BCUT2D eigenvalue weighted by Crippen LogP contribution is -2.37. The number of thiophene rings is 1. The van der Waals surface area contributed by atoms with Gasteiger partial charge in [0.05, 0.1) is 0 Å². The molecule has 1 aliphatic rings. The summed E-state index contributed by atoms with van der Waals surface area (Å²) in [5, 5.41) is 2.03. The molecule has 0 aliphatic carbocycles. The number of rotatable bonds is 4. The molecule has 0 radical (unpaired) electrons. The maximum atomic E-state index is 12.2.